The highest BCUT2D eigenvalue weighted by atomic mass is 16.6. The van der Waals surface area contributed by atoms with E-state index in [1.807, 2.05) is 6.07 Å². The lowest BCUT2D eigenvalue weighted by Gasteiger charge is -2.16. The Morgan fingerprint density at radius 2 is 2.28 bits per heavy atom. The molecule has 0 aliphatic carbocycles. The number of nitriles is 1. The number of hydrogen-bond acceptors (Lipinski definition) is 7. The number of anilines is 1. The standard InChI is InChI=1S/C10H12N4O4/c11-3-1-5-7(15)8(16)9(18-5)14-4-2-6(12)13-10(14)17/h2,4-5,7-9,15-16H,1H2,(H2,12,13,17)/t5-,7-,8-,9-/m1/s1. The van der Waals surface area contributed by atoms with E-state index in [0.29, 0.717) is 0 Å². The van der Waals surface area contributed by atoms with Crippen molar-refractivity contribution in [2.75, 3.05) is 5.73 Å². The van der Waals surface area contributed by atoms with Gasteiger partial charge in [0.15, 0.2) is 6.23 Å². The van der Waals surface area contributed by atoms with Crippen molar-refractivity contribution >= 4 is 5.82 Å². The first-order valence-electron chi connectivity index (χ1n) is 5.28. The minimum absolute atomic E-state index is 0.0536. The van der Waals surface area contributed by atoms with Gasteiger partial charge >= 0.3 is 5.69 Å². The van der Waals surface area contributed by atoms with Gasteiger partial charge in [-0.05, 0) is 6.07 Å². The Kier molecular flexibility index (Phi) is 3.29. The molecule has 1 aliphatic rings. The Hall–Kier alpha value is -1.95. The van der Waals surface area contributed by atoms with Gasteiger partial charge < -0.3 is 20.7 Å². The molecule has 8 nitrogen and oxygen atoms in total. The van der Waals surface area contributed by atoms with Crippen LogP contribution in [0.25, 0.3) is 0 Å². The molecule has 1 fully saturated rings. The normalized spacial score (nSPS) is 31.2. The molecule has 4 N–H and O–H groups in total. The van der Waals surface area contributed by atoms with Crippen LogP contribution in [0.2, 0.25) is 0 Å². The summed E-state index contributed by atoms with van der Waals surface area (Å²) in [5.74, 6) is 0.0536. The largest absolute Gasteiger partial charge is 0.387 e. The molecule has 0 spiro atoms. The van der Waals surface area contributed by atoms with Crippen molar-refractivity contribution in [1.82, 2.24) is 9.55 Å². The van der Waals surface area contributed by atoms with E-state index in [0.717, 1.165) is 4.57 Å². The van der Waals surface area contributed by atoms with E-state index >= 15 is 0 Å². The van der Waals surface area contributed by atoms with Gasteiger partial charge in [0.1, 0.15) is 24.1 Å². The van der Waals surface area contributed by atoms with Crippen molar-refractivity contribution in [3.8, 4) is 6.07 Å². The molecule has 18 heavy (non-hydrogen) atoms. The fourth-order valence-electron chi connectivity index (χ4n) is 1.84. The molecule has 0 radical (unpaired) electrons. The van der Waals surface area contributed by atoms with Crippen LogP contribution in [0.1, 0.15) is 12.6 Å². The first-order valence-corrected chi connectivity index (χ1v) is 5.28. The molecule has 1 aliphatic heterocycles. The van der Waals surface area contributed by atoms with Gasteiger partial charge in [-0.25, -0.2) is 4.79 Å². The van der Waals surface area contributed by atoms with E-state index in [2.05, 4.69) is 4.98 Å². The van der Waals surface area contributed by atoms with E-state index in [-0.39, 0.29) is 12.2 Å². The summed E-state index contributed by atoms with van der Waals surface area (Å²) in [5.41, 5.74) is 4.65. The number of nitrogens with two attached hydrogens (primary N) is 1. The molecule has 8 heteroatoms. The number of rotatable bonds is 2. The summed E-state index contributed by atoms with van der Waals surface area (Å²) >= 11 is 0. The third kappa shape index (κ3) is 2.06. The Bertz CT molecular complexity index is 537. The van der Waals surface area contributed by atoms with Crippen LogP contribution in [0.3, 0.4) is 0 Å². The Labute approximate surface area is 102 Å². The highest BCUT2D eigenvalue weighted by molar-refractivity contribution is 5.23. The Balaban J connectivity index is 2.29. The van der Waals surface area contributed by atoms with Crippen molar-refractivity contribution in [3.05, 3.63) is 22.7 Å². The number of nitrogens with zero attached hydrogens (tertiary/aromatic N) is 3. The molecular formula is C10H12N4O4. The van der Waals surface area contributed by atoms with Gasteiger partial charge in [-0.3, -0.25) is 4.57 Å². The fourth-order valence-corrected chi connectivity index (χ4v) is 1.84. The van der Waals surface area contributed by atoms with E-state index in [4.69, 9.17) is 15.7 Å². The Morgan fingerprint density at radius 3 is 2.89 bits per heavy atom. The summed E-state index contributed by atoms with van der Waals surface area (Å²) < 4.78 is 6.32. The average Bonchev–Trinajstić information content (AvgIpc) is 2.58. The molecule has 96 valence electrons. The number of aliphatic hydroxyl groups is 2. The van der Waals surface area contributed by atoms with Gasteiger partial charge in [0.05, 0.1) is 12.5 Å². The second kappa shape index (κ2) is 4.73. The van der Waals surface area contributed by atoms with Crippen LogP contribution in [0, 0.1) is 11.3 Å². The predicted octanol–water partition coefficient (Wildman–Crippen LogP) is -1.64. The highest BCUT2D eigenvalue weighted by Gasteiger charge is 2.43. The zero-order valence-corrected chi connectivity index (χ0v) is 9.30. The molecule has 0 amide bonds. The zero-order valence-electron chi connectivity index (χ0n) is 9.30. The maximum absolute atomic E-state index is 11.6. The van der Waals surface area contributed by atoms with E-state index in [1.165, 1.54) is 12.3 Å². The van der Waals surface area contributed by atoms with E-state index in [1.54, 1.807) is 0 Å². The quantitative estimate of drug-likeness (QED) is 0.574. The first-order chi connectivity index (χ1) is 8.54. The molecule has 2 rings (SSSR count). The SMILES string of the molecule is N#CC[C@H]1O[C@@H](n2ccc(N)nc2=O)[C@H](O)[C@@H]1O. The molecule has 0 bridgehead atoms. The summed E-state index contributed by atoms with van der Waals surface area (Å²) in [6.45, 7) is 0. The number of aliphatic hydroxyl groups excluding tert-OH is 2. The summed E-state index contributed by atoms with van der Waals surface area (Å²) in [4.78, 5) is 15.1. The predicted molar refractivity (Wildman–Crippen MR) is 59.1 cm³/mol. The molecular weight excluding hydrogens is 240 g/mol. The first kappa shape index (κ1) is 12.5. The molecule has 0 saturated carbocycles. The molecule has 0 unspecified atom stereocenters. The number of aromatic nitrogens is 2. The van der Waals surface area contributed by atoms with Crippen molar-refractivity contribution in [3.63, 3.8) is 0 Å². The van der Waals surface area contributed by atoms with Crippen LogP contribution in [-0.4, -0.2) is 38.1 Å². The number of ether oxygens (including phenoxy) is 1. The highest BCUT2D eigenvalue weighted by Crippen LogP contribution is 2.29. The van der Waals surface area contributed by atoms with Crippen LogP contribution < -0.4 is 11.4 Å². The van der Waals surface area contributed by atoms with Gasteiger partial charge in [0.2, 0.25) is 0 Å². The lowest BCUT2D eigenvalue weighted by Crippen LogP contribution is -2.35. The van der Waals surface area contributed by atoms with Crippen LogP contribution in [0.15, 0.2) is 17.1 Å². The Morgan fingerprint density at radius 1 is 1.56 bits per heavy atom. The average molecular weight is 252 g/mol. The van der Waals surface area contributed by atoms with Crippen molar-refractivity contribution in [2.24, 2.45) is 0 Å². The smallest absolute Gasteiger partial charge is 0.351 e. The van der Waals surface area contributed by atoms with Gasteiger partial charge in [-0.15, -0.1) is 0 Å². The van der Waals surface area contributed by atoms with Gasteiger partial charge in [0, 0.05) is 6.20 Å². The summed E-state index contributed by atoms with van der Waals surface area (Å²) in [6, 6.07) is 3.21. The molecule has 0 aromatic carbocycles. The van der Waals surface area contributed by atoms with Gasteiger partial charge in [0.25, 0.3) is 0 Å². The van der Waals surface area contributed by atoms with Crippen LogP contribution in [-0.2, 0) is 4.74 Å². The number of nitrogen functional groups attached to an aromatic ring is 1. The van der Waals surface area contributed by atoms with Crippen LogP contribution >= 0.6 is 0 Å². The maximum atomic E-state index is 11.6. The molecule has 2 heterocycles. The fraction of sp³-hybridized carbons (Fsp3) is 0.500. The molecule has 1 aromatic heterocycles. The monoisotopic (exact) mass is 252 g/mol. The lowest BCUT2D eigenvalue weighted by atomic mass is 10.1. The minimum Gasteiger partial charge on any atom is -0.387 e. The summed E-state index contributed by atoms with van der Waals surface area (Å²) in [7, 11) is 0. The maximum Gasteiger partial charge on any atom is 0.351 e. The summed E-state index contributed by atoms with van der Waals surface area (Å²) in [6.07, 6.45) is -3.18. The number of hydrogen-bond donors (Lipinski definition) is 3. The molecule has 1 saturated heterocycles. The lowest BCUT2D eigenvalue weighted by molar-refractivity contribution is -0.0382. The van der Waals surface area contributed by atoms with Gasteiger partial charge in [-0.2, -0.15) is 10.2 Å². The van der Waals surface area contributed by atoms with Crippen molar-refractivity contribution in [2.45, 2.75) is 31.0 Å². The summed E-state index contributed by atoms with van der Waals surface area (Å²) in [5, 5.41) is 28.0. The zero-order chi connectivity index (χ0) is 13.3. The van der Waals surface area contributed by atoms with Crippen LogP contribution in [0.5, 0.6) is 0 Å². The van der Waals surface area contributed by atoms with Crippen molar-refractivity contribution in [1.29, 1.82) is 5.26 Å². The third-order valence-corrected chi connectivity index (χ3v) is 2.76. The van der Waals surface area contributed by atoms with Gasteiger partial charge in [-0.1, -0.05) is 0 Å². The topological polar surface area (TPSA) is 134 Å². The molecule has 1 aromatic rings. The van der Waals surface area contributed by atoms with E-state index < -0.39 is 30.2 Å². The minimum atomic E-state index is -1.30. The van der Waals surface area contributed by atoms with Crippen molar-refractivity contribution < 1.29 is 14.9 Å². The van der Waals surface area contributed by atoms with Crippen LogP contribution in [0.4, 0.5) is 5.82 Å². The van der Waals surface area contributed by atoms with E-state index in [9.17, 15) is 15.0 Å². The molecule has 4 atom stereocenters. The third-order valence-electron chi connectivity index (χ3n) is 2.76. The second-order valence-corrected chi connectivity index (χ2v) is 3.95. The second-order valence-electron chi connectivity index (χ2n) is 3.95.